The molecule has 0 unspecified atom stereocenters. The number of ether oxygens (including phenoxy) is 3. The van der Waals surface area contributed by atoms with E-state index in [1.165, 1.54) is 122 Å². The maximum absolute atomic E-state index is 12.9. The Balaban J connectivity index is 4.51. The molecule has 0 amide bonds. The summed E-state index contributed by atoms with van der Waals surface area (Å²) in [4.78, 5) is 38.2. The van der Waals surface area contributed by atoms with Crippen LogP contribution in [0, 0.1) is 0 Å². The average Bonchev–Trinajstić information content (AvgIpc) is 3.37. The molecule has 0 aliphatic carbocycles. The highest BCUT2D eigenvalue weighted by Gasteiger charge is 2.19. The van der Waals surface area contributed by atoms with Gasteiger partial charge in [-0.2, -0.15) is 0 Å². The zero-order valence-corrected chi connectivity index (χ0v) is 46.2. The molecule has 0 heterocycles. The van der Waals surface area contributed by atoms with Crippen molar-refractivity contribution in [1.82, 2.24) is 0 Å². The van der Waals surface area contributed by atoms with Crippen LogP contribution in [0.15, 0.2) is 109 Å². The summed E-state index contributed by atoms with van der Waals surface area (Å²) in [6.45, 7) is 6.50. The van der Waals surface area contributed by atoms with Gasteiger partial charge in [-0.15, -0.1) is 0 Å². The third-order valence-corrected chi connectivity index (χ3v) is 12.2. The molecule has 6 nitrogen and oxygen atoms in total. The van der Waals surface area contributed by atoms with E-state index in [2.05, 4.69) is 130 Å². The maximum Gasteiger partial charge on any atom is 0.306 e. The van der Waals surface area contributed by atoms with Gasteiger partial charge in [0.2, 0.25) is 0 Å². The van der Waals surface area contributed by atoms with Crippen molar-refractivity contribution in [2.75, 3.05) is 13.2 Å². The summed E-state index contributed by atoms with van der Waals surface area (Å²) >= 11 is 0. The van der Waals surface area contributed by atoms with Crippen LogP contribution in [-0.2, 0) is 28.6 Å². The maximum atomic E-state index is 12.9. The highest BCUT2D eigenvalue weighted by atomic mass is 16.6. The molecule has 71 heavy (non-hydrogen) atoms. The topological polar surface area (TPSA) is 78.9 Å². The Labute approximate surface area is 438 Å². The summed E-state index contributed by atoms with van der Waals surface area (Å²) in [6, 6.07) is 0. The zero-order chi connectivity index (χ0) is 51.4. The van der Waals surface area contributed by atoms with E-state index in [1.54, 1.807) is 0 Å². The third-order valence-electron chi connectivity index (χ3n) is 12.2. The van der Waals surface area contributed by atoms with Gasteiger partial charge in [0.1, 0.15) is 13.2 Å². The first kappa shape index (κ1) is 67.1. The Bertz CT molecular complexity index is 1460. The van der Waals surface area contributed by atoms with E-state index in [-0.39, 0.29) is 37.5 Å². The van der Waals surface area contributed by atoms with E-state index in [4.69, 9.17) is 14.2 Å². The number of esters is 3. The van der Waals surface area contributed by atoms with Crippen LogP contribution in [-0.4, -0.2) is 37.2 Å². The van der Waals surface area contributed by atoms with Gasteiger partial charge >= 0.3 is 17.9 Å². The first-order chi connectivity index (χ1) is 35.0. The molecule has 1 atom stereocenters. The molecule has 6 heteroatoms. The second-order valence-electron chi connectivity index (χ2n) is 19.2. The van der Waals surface area contributed by atoms with Crippen LogP contribution in [0.3, 0.4) is 0 Å². The Morgan fingerprint density at radius 2 is 0.507 bits per heavy atom. The highest BCUT2D eigenvalue weighted by molar-refractivity contribution is 5.71. The normalized spacial score (nSPS) is 12.9. The van der Waals surface area contributed by atoms with Crippen molar-refractivity contribution in [1.29, 1.82) is 0 Å². The molecule has 0 aliphatic heterocycles. The van der Waals surface area contributed by atoms with Crippen molar-refractivity contribution >= 4 is 17.9 Å². The van der Waals surface area contributed by atoms with Gasteiger partial charge in [-0.3, -0.25) is 14.4 Å². The van der Waals surface area contributed by atoms with Crippen LogP contribution >= 0.6 is 0 Å². The van der Waals surface area contributed by atoms with Gasteiger partial charge in [0.05, 0.1) is 0 Å². The lowest BCUT2D eigenvalue weighted by molar-refractivity contribution is -0.167. The number of hydrogen-bond acceptors (Lipinski definition) is 6. The van der Waals surface area contributed by atoms with Gasteiger partial charge in [-0.25, -0.2) is 0 Å². The molecule has 0 saturated heterocycles. The van der Waals surface area contributed by atoms with E-state index in [1.807, 2.05) is 0 Å². The standard InChI is InChI=1S/C65H108O6/c1-4-7-10-13-16-19-22-25-28-30-32-34-37-40-43-46-49-52-55-58-64(67)70-61-62(60-69-63(66)57-54-51-48-45-42-39-36-27-24-21-18-15-12-9-6-3)71-65(68)59-56-53-50-47-44-41-38-35-33-31-29-26-23-20-17-14-11-8-5-2/h16-21,25-29,33,35-36,41-42,44-45,62H,4-15,22-24,30-32,34,37-40,43,46-61H2,1-3H3/b19-16-,20-17-,21-18-,28-25-,29-26-,35-33-,36-27-,44-41-,45-42-/t62-/m0/s1. The summed E-state index contributed by atoms with van der Waals surface area (Å²) in [5.74, 6) is -0.980. The molecule has 0 aromatic rings. The molecule has 0 bridgehead atoms. The van der Waals surface area contributed by atoms with Gasteiger partial charge < -0.3 is 14.2 Å². The molecule has 0 rings (SSSR count). The van der Waals surface area contributed by atoms with Gasteiger partial charge in [-0.1, -0.05) is 220 Å². The van der Waals surface area contributed by atoms with E-state index >= 15 is 0 Å². The lowest BCUT2D eigenvalue weighted by Gasteiger charge is -2.18. The molecular weight excluding hydrogens is 877 g/mol. The van der Waals surface area contributed by atoms with E-state index < -0.39 is 6.10 Å². The Kier molecular flexibility index (Phi) is 55.4. The number of carbonyl (C=O) groups excluding carboxylic acids is 3. The minimum absolute atomic E-state index is 0.107. The van der Waals surface area contributed by atoms with Crippen LogP contribution in [0.5, 0.6) is 0 Å². The second-order valence-corrected chi connectivity index (χ2v) is 19.2. The van der Waals surface area contributed by atoms with Crippen molar-refractivity contribution in [2.24, 2.45) is 0 Å². The quantitative estimate of drug-likeness (QED) is 0.0261. The summed E-state index contributed by atoms with van der Waals surface area (Å²) in [6.07, 6.45) is 79.3. The fourth-order valence-corrected chi connectivity index (χ4v) is 7.76. The Hall–Kier alpha value is -3.93. The third kappa shape index (κ3) is 56.9. The first-order valence-corrected chi connectivity index (χ1v) is 29.4. The Morgan fingerprint density at radius 3 is 0.831 bits per heavy atom. The van der Waals surface area contributed by atoms with E-state index in [0.717, 1.165) is 103 Å². The molecule has 0 spiro atoms. The van der Waals surface area contributed by atoms with Gasteiger partial charge in [0.15, 0.2) is 6.10 Å². The molecule has 0 aromatic heterocycles. The Morgan fingerprint density at radius 1 is 0.282 bits per heavy atom. The molecule has 0 radical (unpaired) electrons. The van der Waals surface area contributed by atoms with Crippen LogP contribution in [0.1, 0.15) is 265 Å². The van der Waals surface area contributed by atoms with Gasteiger partial charge in [0, 0.05) is 19.3 Å². The number of hydrogen-bond donors (Lipinski definition) is 0. The monoisotopic (exact) mass is 985 g/mol. The van der Waals surface area contributed by atoms with Crippen molar-refractivity contribution in [2.45, 2.75) is 271 Å². The van der Waals surface area contributed by atoms with Crippen molar-refractivity contribution in [3.63, 3.8) is 0 Å². The number of unbranched alkanes of at least 4 members (excludes halogenated alkanes) is 23. The van der Waals surface area contributed by atoms with Gasteiger partial charge in [0.25, 0.3) is 0 Å². The predicted molar refractivity (Wildman–Crippen MR) is 307 cm³/mol. The summed E-state index contributed by atoms with van der Waals surface area (Å²) in [5, 5.41) is 0. The second kappa shape index (κ2) is 58.6. The summed E-state index contributed by atoms with van der Waals surface area (Å²) < 4.78 is 16.8. The molecule has 0 N–H and O–H groups in total. The van der Waals surface area contributed by atoms with Crippen molar-refractivity contribution < 1.29 is 28.6 Å². The minimum Gasteiger partial charge on any atom is -0.462 e. The van der Waals surface area contributed by atoms with E-state index in [9.17, 15) is 14.4 Å². The van der Waals surface area contributed by atoms with Crippen LogP contribution in [0.25, 0.3) is 0 Å². The zero-order valence-electron chi connectivity index (χ0n) is 46.2. The summed E-state index contributed by atoms with van der Waals surface area (Å²) in [7, 11) is 0. The SMILES string of the molecule is CCCCC/C=C\C/C=C\C/C=C\C/C=C\CCCCCC(=O)O[C@@H](COC(=O)CCCC/C=C\C/C=C\C/C=C\CCCCC)COC(=O)CCCCCCCCCCC/C=C\C/C=C\CCCCC. The molecule has 0 aromatic carbocycles. The predicted octanol–water partition coefficient (Wildman–Crippen LogP) is 19.9. The molecule has 0 aliphatic rings. The molecule has 404 valence electrons. The van der Waals surface area contributed by atoms with Crippen LogP contribution in [0.4, 0.5) is 0 Å². The highest BCUT2D eigenvalue weighted by Crippen LogP contribution is 2.14. The van der Waals surface area contributed by atoms with Crippen LogP contribution < -0.4 is 0 Å². The first-order valence-electron chi connectivity index (χ1n) is 29.4. The molecular formula is C65H108O6. The summed E-state index contributed by atoms with van der Waals surface area (Å²) in [5.41, 5.74) is 0. The van der Waals surface area contributed by atoms with Gasteiger partial charge in [-0.05, 0) is 135 Å². The fourth-order valence-electron chi connectivity index (χ4n) is 7.76. The van der Waals surface area contributed by atoms with Crippen LogP contribution in [0.2, 0.25) is 0 Å². The number of carbonyl (C=O) groups is 3. The number of rotatable bonds is 52. The lowest BCUT2D eigenvalue weighted by atomic mass is 10.1. The molecule has 0 saturated carbocycles. The fraction of sp³-hybridized carbons (Fsp3) is 0.677. The largest absolute Gasteiger partial charge is 0.462 e. The van der Waals surface area contributed by atoms with Crippen molar-refractivity contribution in [3.05, 3.63) is 109 Å². The van der Waals surface area contributed by atoms with Crippen molar-refractivity contribution in [3.8, 4) is 0 Å². The number of allylic oxidation sites excluding steroid dienone is 18. The lowest BCUT2D eigenvalue weighted by Crippen LogP contribution is -2.30. The molecule has 0 fully saturated rings. The smallest absolute Gasteiger partial charge is 0.306 e. The minimum atomic E-state index is -0.815. The average molecular weight is 986 g/mol. The van der Waals surface area contributed by atoms with E-state index in [0.29, 0.717) is 12.8 Å².